The molecule has 0 aliphatic heterocycles. The molecule has 1 aromatic carbocycles. The maximum absolute atomic E-state index is 11.5. The van der Waals surface area contributed by atoms with Crippen LogP contribution in [0, 0.1) is 5.92 Å². The van der Waals surface area contributed by atoms with Gasteiger partial charge in [-0.25, -0.2) is 0 Å². The van der Waals surface area contributed by atoms with Gasteiger partial charge in [-0.3, -0.25) is 4.79 Å². The minimum absolute atomic E-state index is 0.0668. The highest BCUT2D eigenvalue weighted by Crippen LogP contribution is 2.11. The second-order valence-electron chi connectivity index (χ2n) is 4.41. The molecule has 4 nitrogen and oxygen atoms in total. The Hall–Kier alpha value is -1.55. The zero-order valence-electron chi connectivity index (χ0n) is 10.2. The van der Waals surface area contributed by atoms with Crippen molar-refractivity contribution in [3.05, 3.63) is 29.8 Å². The fraction of sp³-hybridized carbons (Fsp3) is 0.462. The van der Waals surface area contributed by atoms with E-state index in [4.69, 9.17) is 5.11 Å². The minimum atomic E-state index is -0.283. The Kier molecular flexibility index (Phi) is 4.97. The molecular formula is C13H19NO3. The van der Waals surface area contributed by atoms with Gasteiger partial charge in [-0.2, -0.15) is 0 Å². The van der Waals surface area contributed by atoms with Crippen molar-refractivity contribution < 1.29 is 15.0 Å². The van der Waals surface area contributed by atoms with Crippen LogP contribution in [0.5, 0.6) is 5.75 Å². The van der Waals surface area contributed by atoms with Gasteiger partial charge in [-0.05, 0) is 24.1 Å². The molecule has 0 fully saturated rings. The molecule has 0 saturated carbocycles. The average Bonchev–Trinajstić information content (AvgIpc) is 2.30. The van der Waals surface area contributed by atoms with Gasteiger partial charge in [0.05, 0.1) is 12.6 Å². The number of nitrogens with one attached hydrogen (secondary N) is 1. The van der Waals surface area contributed by atoms with Crippen LogP contribution in [0.3, 0.4) is 0 Å². The summed E-state index contributed by atoms with van der Waals surface area (Å²) in [6.07, 6.45) is 0.551. The molecule has 0 spiro atoms. The van der Waals surface area contributed by atoms with Crippen molar-refractivity contribution in [2.24, 2.45) is 5.92 Å². The standard InChI is InChI=1S/C13H19NO3/c1-9(2)13(17)14-11(8-15)7-10-3-5-12(16)6-4-10/h3-6,9,11,15-16H,7-8H2,1-2H3,(H,14,17). The Morgan fingerprint density at radius 2 is 1.88 bits per heavy atom. The van der Waals surface area contributed by atoms with Gasteiger partial charge in [0.2, 0.25) is 5.91 Å². The first-order valence-corrected chi connectivity index (χ1v) is 5.72. The predicted octanol–water partition coefficient (Wildman–Crippen LogP) is 1.07. The van der Waals surface area contributed by atoms with Gasteiger partial charge in [-0.15, -0.1) is 0 Å². The number of benzene rings is 1. The molecule has 0 aliphatic rings. The monoisotopic (exact) mass is 237 g/mol. The van der Waals surface area contributed by atoms with E-state index in [2.05, 4.69) is 5.32 Å². The topological polar surface area (TPSA) is 69.6 Å². The minimum Gasteiger partial charge on any atom is -0.508 e. The molecule has 0 radical (unpaired) electrons. The van der Waals surface area contributed by atoms with Crippen LogP contribution in [0.4, 0.5) is 0 Å². The van der Waals surface area contributed by atoms with Gasteiger partial charge >= 0.3 is 0 Å². The third-order valence-electron chi connectivity index (χ3n) is 2.51. The molecule has 94 valence electrons. The number of hydrogen-bond donors (Lipinski definition) is 3. The summed E-state index contributed by atoms with van der Waals surface area (Å²) < 4.78 is 0. The number of aliphatic hydroxyl groups excluding tert-OH is 1. The van der Waals surface area contributed by atoms with Crippen LogP contribution in [0.25, 0.3) is 0 Å². The van der Waals surface area contributed by atoms with Crippen molar-refractivity contribution in [3.8, 4) is 5.75 Å². The van der Waals surface area contributed by atoms with Crippen molar-refractivity contribution in [3.63, 3.8) is 0 Å². The lowest BCUT2D eigenvalue weighted by Crippen LogP contribution is -2.41. The van der Waals surface area contributed by atoms with E-state index in [-0.39, 0.29) is 30.2 Å². The number of rotatable bonds is 5. The van der Waals surface area contributed by atoms with Crippen LogP contribution >= 0.6 is 0 Å². The van der Waals surface area contributed by atoms with Crippen LogP contribution in [-0.4, -0.2) is 28.8 Å². The zero-order chi connectivity index (χ0) is 12.8. The summed E-state index contributed by atoms with van der Waals surface area (Å²) >= 11 is 0. The second kappa shape index (κ2) is 6.25. The van der Waals surface area contributed by atoms with Crippen LogP contribution in [0.2, 0.25) is 0 Å². The lowest BCUT2D eigenvalue weighted by atomic mass is 10.1. The van der Waals surface area contributed by atoms with Crippen molar-refractivity contribution in [2.45, 2.75) is 26.3 Å². The lowest BCUT2D eigenvalue weighted by molar-refractivity contribution is -0.125. The first kappa shape index (κ1) is 13.5. The van der Waals surface area contributed by atoms with Gasteiger partial charge in [0.25, 0.3) is 0 Å². The number of hydrogen-bond acceptors (Lipinski definition) is 3. The number of amides is 1. The van der Waals surface area contributed by atoms with Crippen molar-refractivity contribution in [1.29, 1.82) is 0 Å². The average molecular weight is 237 g/mol. The summed E-state index contributed by atoms with van der Waals surface area (Å²) in [6, 6.07) is 6.45. The molecule has 3 N–H and O–H groups in total. The number of carbonyl (C=O) groups excluding carboxylic acids is 1. The number of phenolic OH excluding ortho intramolecular Hbond substituents is 1. The van der Waals surface area contributed by atoms with Crippen LogP contribution in [0.15, 0.2) is 24.3 Å². The molecule has 0 bridgehead atoms. The molecule has 0 aliphatic carbocycles. The number of phenols is 1. The zero-order valence-corrected chi connectivity index (χ0v) is 10.2. The highest BCUT2D eigenvalue weighted by Gasteiger charge is 2.14. The lowest BCUT2D eigenvalue weighted by Gasteiger charge is -2.17. The Labute approximate surface area is 101 Å². The first-order chi connectivity index (χ1) is 8.02. The largest absolute Gasteiger partial charge is 0.508 e. The molecule has 1 amide bonds. The summed E-state index contributed by atoms with van der Waals surface area (Å²) in [7, 11) is 0. The third-order valence-corrected chi connectivity index (χ3v) is 2.51. The Balaban J connectivity index is 2.57. The van der Waals surface area contributed by atoms with E-state index in [0.717, 1.165) is 5.56 Å². The van der Waals surface area contributed by atoms with Gasteiger partial charge in [0.1, 0.15) is 5.75 Å². The second-order valence-corrected chi connectivity index (χ2v) is 4.41. The van der Waals surface area contributed by atoms with Crippen LogP contribution in [-0.2, 0) is 11.2 Å². The highest BCUT2D eigenvalue weighted by molar-refractivity contribution is 5.78. The van der Waals surface area contributed by atoms with Crippen LogP contribution < -0.4 is 5.32 Å². The van der Waals surface area contributed by atoms with E-state index in [1.54, 1.807) is 24.3 Å². The molecule has 1 unspecified atom stereocenters. The van der Waals surface area contributed by atoms with Crippen LogP contribution in [0.1, 0.15) is 19.4 Å². The fourth-order valence-corrected chi connectivity index (χ4v) is 1.45. The molecule has 17 heavy (non-hydrogen) atoms. The number of aromatic hydroxyl groups is 1. The smallest absolute Gasteiger partial charge is 0.222 e. The molecule has 0 saturated heterocycles. The van der Waals surface area contributed by atoms with E-state index < -0.39 is 0 Å². The SMILES string of the molecule is CC(C)C(=O)NC(CO)Cc1ccc(O)cc1. The third kappa shape index (κ3) is 4.44. The highest BCUT2D eigenvalue weighted by atomic mass is 16.3. The molecule has 1 atom stereocenters. The summed E-state index contributed by atoms with van der Waals surface area (Å²) in [5.74, 6) is 0.0483. The summed E-state index contributed by atoms with van der Waals surface area (Å²) in [5.41, 5.74) is 0.964. The van der Waals surface area contributed by atoms with Gasteiger partial charge in [-0.1, -0.05) is 26.0 Å². The Morgan fingerprint density at radius 3 is 2.35 bits per heavy atom. The van der Waals surface area contributed by atoms with E-state index in [1.807, 2.05) is 13.8 Å². The van der Waals surface area contributed by atoms with E-state index in [9.17, 15) is 9.90 Å². The number of aliphatic hydroxyl groups is 1. The fourth-order valence-electron chi connectivity index (χ4n) is 1.45. The molecule has 1 rings (SSSR count). The molecular weight excluding hydrogens is 218 g/mol. The summed E-state index contributed by atoms with van der Waals surface area (Å²) in [4.78, 5) is 11.5. The molecule has 4 heteroatoms. The summed E-state index contributed by atoms with van der Waals surface area (Å²) in [5, 5.41) is 21.1. The predicted molar refractivity (Wildman–Crippen MR) is 65.7 cm³/mol. The molecule has 1 aromatic rings. The van der Waals surface area contributed by atoms with E-state index in [1.165, 1.54) is 0 Å². The van der Waals surface area contributed by atoms with E-state index in [0.29, 0.717) is 6.42 Å². The number of carbonyl (C=O) groups is 1. The summed E-state index contributed by atoms with van der Waals surface area (Å²) in [6.45, 7) is 3.52. The normalized spacial score (nSPS) is 12.5. The molecule has 0 heterocycles. The van der Waals surface area contributed by atoms with Gasteiger partial charge in [0.15, 0.2) is 0 Å². The van der Waals surface area contributed by atoms with Gasteiger partial charge < -0.3 is 15.5 Å². The quantitative estimate of drug-likeness (QED) is 0.717. The van der Waals surface area contributed by atoms with Gasteiger partial charge in [0, 0.05) is 5.92 Å². The maximum Gasteiger partial charge on any atom is 0.222 e. The van der Waals surface area contributed by atoms with E-state index >= 15 is 0 Å². The van der Waals surface area contributed by atoms with Crippen molar-refractivity contribution in [2.75, 3.05) is 6.61 Å². The first-order valence-electron chi connectivity index (χ1n) is 5.72. The Bertz CT molecular complexity index is 359. The maximum atomic E-state index is 11.5. The molecule has 0 aromatic heterocycles. The van der Waals surface area contributed by atoms with Crippen molar-refractivity contribution in [1.82, 2.24) is 5.32 Å². The Morgan fingerprint density at radius 1 is 1.29 bits per heavy atom. The van der Waals surface area contributed by atoms with Crippen molar-refractivity contribution >= 4 is 5.91 Å².